The van der Waals surface area contributed by atoms with E-state index < -0.39 is 0 Å². The average Bonchev–Trinajstić information content (AvgIpc) is 2.92. The second-order valence-electron chi connectivity index (χ2n) is 6.16. The zero-order chi connectivity index (χ0) is 16.2. The standard InChI is InChI=1S/C18H23N3O2/c1-14-3-5-15(6-4-14)9-18(22)21-11-17-10-19-13-20(17)8-7-16(21)12-23-2/h3-6,10,13,16H,7-9,11-12H2,1-2H3/t16-/m0/s1. The van der Waals surface area contributed by atoms with Crippen LogP contribution in [0.2, 0.25) is 0 Å². The number of hydrogen-bond donors (Lipinski definition) is 0. The van der Waals surface area contributed by atoms with E-state index in [0.29, 0.717) is 19.6 Å². The summed E-state index contributed by atoms with van der Waals surface area (Å²) in [6, 6.07) is 8.26. The fourth-order valence-electron chi connectivity index (χ4n) is 3.07. The highest BCUT2D eigenvalue weighted by atomic mass is 16.5. The first kappa shape index (κ1) is 15.7. The Balaban J connectivity index is 1.78. The number of amides is 1. The number of ether oxygens (including phenoxy) is 1. The van der Waals surface area contributed by atoms with Crippen LogP contribution < -0.4 is 0 Å². The lowest BCUT2D eigenvalue weighted by Crippen LogP contribution is -2.42. The van der Waals surface area contributed by atoms with Gasteiger partial charge >= 0.3 is 0 Å². The number of benzene rings is 1. The third kappa shape index (κ3) is 3.62. The molecule has 0 N–H and O–H groups in total. The number of imidazole rings is 1. The van der Waals surface area contributed by atoms with Crippen LogP contribution >= 0.6 is 0 Å². The molecule has 5 nitrogen and oxygen atoms in total. The molecule has 23 heavy (non-hydrogen) atoms. The summed E-state index contributed by atoms with van der Waals surface area (Å²) in [6.45, 7) is 4.09. The predicted octanol–water partition coefficient (Wildman–Crippen LogP) is 2.18. The Labute approximate surface area is 136 Å². The molecule has 122 valence electrons. The van der Waals surface area contributed by atoms with Crippen molar-refractivity contribution in [1.82, 2.24) is 14.5 Å². The SMILES string of the molecule is COC[C@@H]1CCn2cncc2CN1C(=O)Cc1ccc(C)cc1. The third-order valence-corrected chi connectivity index (χ3v) is 4.43. The fourth-order valence-corrected chi connectivity index (χ4v) is 3.07. The molecule has 0 saturated carbocycles. The molecule has 1 aliphatic heterocycles. The molecule has 0 spiro atoms. The molecule has 0 aliphatic carbocycles. The molecule has 0 unspecified atom stereocenters. The maximum Gasteiger partial charge on any atom is 0.227 e. The van der Waals surface area contributed by atoms with Gasteiger partial charge in [-0.05, 0) is 18.9 Å². The maximum absolute atomic E-state index is 12.9. The molecule has 0 fully saturated rings. The zero-order valence-corrected chi connectivity index (χ0v) is 13.7. The molecule has 1 aromatic carbocycles. The van der Waals surface area contributed by atoms with E-state index in [0.717, 1.165) is 24.2 Å². The van der Waals surface area contributed by atoms with Crippen molar-refractivity contribution in [1.29, 1.82) is 0 Å². The second-order valence-corrected chi connectivity index (χ2v) is 6.16. The highest BCUT2D eigenvalue weighted by Crippen LogP contribution is 2.19. The van der Waals surface area contributed by atoms with Gasteiger partial charge in [-0.25, -0.2) is 4.98 Å². The van der Waals surface area contributed by atoms with Gasteiger partial charge in [-0.1, -0.05) is 29.8 Å². The molecule has 0 saturated heterocycles. The summed E-state index contributed by atoms with van der Waals surface area (Å²) in [4.78, 5) is 19.0. The van der Waals surface area contributed by atoms with E-state index >= 15 is 0 Å². The first-order valence-corrected chi connectivity index (χ1v) is 8.00. The van der Waals surface area contributed by atoms with Gasteiger partial charge in [0.2, 0.25) is 5.91 Å². The lowest BCUT2D eigenvalue weighted by molar-refractivity contribution is -0.134. The number of methoxy groups -OCH3 is 1. The van der Waals surface area contributed by atoms with Crippen molar-refractivity contribution in [3.63, 3.8) is 0 Å². The van der Waals surface area contributed by atoms with Gasteiger partial charge in [-0.15, -0.1) is 0 Å². The first-order chi connectivity index (χ1) is 11.2. The molecule has 2 heterocycles. The number of carbonyl (C=O) groups is 1. The number of aromatic nitrogens is 2. The molecule has 1 aliphatic rings. The lowest BCUT2D eigenvalue weighted by atomic mass is 10.1. The Kier molecular flexibility index (Phi) is 4.76. The lowest BCUT2D eigenvalue weighted by Gasteiger charge is -2.29. The molecule has 0 bridgehead atoms. The normalized spacial score (nSPS) is 17.7. The van der Waals surface area contributed by atoms with Crippen molar-refractivity contribution >= 4 is 5.91 Å². The van der Waals surface area contributed by atoms with Crippen LogP contribution in [0.15, 0.2) is 36.8 Å². The zero-order valence-electron chi connectivity index (χ0n) is 13.7. The average molecular weight is 313 g/mol. The van der Waals surface area contributed by atoms with Crippen LogP contribution in [0.3, 0.4) is 0 Å². The molecule has 1 atom stereocenters. The van der Waals surface area contributed by atoms with E-state index in [1.165, 1.54) is 5.56 Å². The molecule has 0 radical (unpaired) electrons. The molecular weight excluding hydrogens is 290 g/mol. The Morgan fingerprint density at radius 1 is 1.35 bits per heavy atom. The van der Waals surface area contributed by atoms with Crippen LogP contribution in [0.1, 0.15) is 23.2 Å². The van der Waals surface area contributed by atoms with Crippen molar-refractivity contribution in [3.05, 3.63) is 53.6 Å². The largest absolute Gasteiger partial charge is 0.383 e. The van der Waals surface area contributed by atoms with Crippen LogP contribution in [-0.4, -0.2) is 40.1 Å². The molecule has 3 rings (SSSR count). The number of aryl methyl sites for hydroxylation is 2. The fraction of sp³-hybridized carbons (Fsp3) is 0.444. The van der Waals surface area contributed by atoms with Crippen LogP contribution in [0.4, 0.5) is 0 Å². The summed E-state index contributed by atoms with van der Waals surface area (Å²) < 4.78 is 7.47. The van der Waals surface area contributed by atoms with Gasteiger partial charge in [0, 0.05) is 19.9 Å². The third-order valence-electron chi connectivity index (χ3n) is 4.43. The van der Waals surface area contributed by atoms with Crippen LogP contribution in [0.5, 0.6) is 0 Å². The van der Waals surface area contributed by atoms with Crippen molar-refractivity contribution in [2.45, 2.75) is 38.9 Å². The van der Waals surface area contributed by atoms with Crippen molar-refractivity contribution in [2.75, 3.05) is 13.7 Å². The number of fused-ring (bicyclic) bond motifs is 1. The van der Waals surface area contributed by atoms with Gasteiger partial charge in [0.15, 0.2) is 0 Å². The number of hydrogen-bond acceptors (Lipinski definition) is 3. The Morgan fingerprint density at radius 3 is 2.87 bits per heavy atom. The van der Waals surface area contributed by atoms with E-state index in [1.54, 1.807) is 7.11 Å². The Bertz CT molecular complexity index is 663. The number of rotatable bonds is 4. The molecule has 1 aromatic heterocycles. The molecular formula is C18H23N3O2. The first-order valence-electron chi connectivity index (χ1n) is 8.00. The highest BCUT2D eigenvalue weighted by molar-refractivity contribution is 5.79. The summed E-state index contributed by atoms with van der Waals surface area (Å²) >= 11 is 0. The minimum Gasteiger partial charge on any atom is -0.383 e. The van der Waals surface area contributed by atoms with E-state index in [2.05, 4.69) is 16.5 Å². The van der Waals surface area contributed by atoms with Gasteiger partial charge in [0.05, 0.1) is 37.6 Å². The second kappa shape index (κ2) is 6.96. The monoisotopic (exact) mass is 313 g/mol. The minimum atomic E-state index is 0.109. The molecule has 5 heteroatoms. The summed E-state index contributed by atoms with van der Waals surface area (Å²) in [7, 11) is 1.69. The van der Waals surface area contributed by atoms with Gasteiger partial charge in [0.1, 0.15) is 0 Å². The maximum atomic E-state index is 12.9. The van der Waals surface area contributed by atoms with E-state index in [4.69, 9.17) is 4.74 Å². The summed E-state index contributed by atoms with van der Waals surface area (Å²) in [5.74, 6) is 0.144. The summed E-state index contributed by atoms with van der Waals surface area (Å²) in [5.41, 5.74) is 3.34. The van der Waals surface area contributed by atoms with Crippen molar-refractivity contribution in [2.24, 2.45) is 0 Å². The van der Waals surface area contributed by atoms with Crippen LogP contribution in [0, 0.1) is 6.92 Å². The topological polar surface area (TPSA) is 47.4 Å². The van der Waals surface area contributed by atoms with E-state index in [9.17, 15) is 4.79 Å². The van der Waals surface area contributed by atoms with Gasteiger partial charge in [0.25, 0.3) is 0 Å². The van der Waals surface area contributed by atoms with E-state index in [-0.39, 0.29) is 11.9 Å². The highest BCUT2D eigenvalue weighted by Gasteiger charge is 2.27. The predicted molar refractivity (Wildman–Crippen MR) is 87.9 cm³/mol. The van der Waals surface area contributed by atoms with Crippen LogP contribution in [0.25, 0.3) is 0 Å². The van der Waals surface area contributed by atoms with E-state index in [1.807, 2.05) is 41.7 Å². The summed E-state index contributed by atoms with van der Waals surface area (Å²) in [6.07, 6.45) is 5.00. The Hall–Kier alpha value is -2.14. The van der Waals surface area contributed by atoms with Gasteiger partial charge < -0.3 is 14.2 Å². The quantitative estimate of drug-likeness (QED) is 0.869. The smallest absolute Gasteiger partial charge is 0.227 e. The van der Waals surface area contributed by atoms with Gasteiger partial charge in [-0.2, -0.15) is 0 Å². The molecule has 1 amide bonds. The number of nitrogens with zero attached hydrogens (tertiary/aromatic N) is 3. The number of carbonyl (C=O) groups excluding carboxylic acids is 1. The van der Waals surface area contributed by atoms with Crippen molar-refractivity contribution in [3.8, 4) is 0 Å². The van der Waals surface area contributed by atoms with Gasteiger partial charge in [-0.3, -0.25) is 4.79 Å². The Morgan fingerprint density at radius 2 is 2.13 bits per heavy atom. The molecule has 2 aromatic rings. The summed E-state index contributed by atoms with van der Waals surface area (Å²) in [5, 5.41) is 0. The minimum absolute atomic E-state index is 0.109. The van der Waals surface area contributed by atoms with Crippen LogP contribution in [-0.2, 0) is 29.0 Å². The van der Waals surface area contributed by atoms with Crippen molar-refractivity contribution < 1.29 is 9.53 Å².